The quantitative estimate of drug-likeness (QED) is 0.694. The van der Waals surface area contributed by atoms with Crippen molar-refractivity contribution in [2.75, 3.05) is 19.6 Å². The molecule has 0 radical (unpaired) electrons. The van der Waals surface area contributed by atoms with Crippen LogP contribution in [0.4, 0.5) is 0 Å². The van der Waals surface area contributed by atoms with Gasteiger partial charge in [0.2, 0.25) is 5.91 Å². The number of nitrogens with one attached hydrogen (secondary N) is 1. The lowest BCUT2D eigenvalue weighted by molar-refractivity contribution is -0.138. The minimum Gasteiger partial charge on any atom is -0.480 e. The van der Waals surface area contributed by atoms with E-state index in [0.29, 0.717) is 12.6 Å². The molecule has 5 nitrogen and oxygen atoms in total. The molecule has 0 spiro atoms. The molecule has 2 N–H and O–H groups in total. The maximum atomic E-state index is 11.3. The van der Waals surface area contributed by atoms with E-state index in [4.69, 9.17) is 5.11 Å². The molecule has 0 aromatic carbocycles. The summed E-state index contributed by atoms with van der Waals surface area (Å²) < 4.78 is 0. The van der Waals surface area contributed by atoms with Gasteiger partial charge in [0.15, 0.2) is 0 Å². The molecule has 15 heavy (non-hydrogen) atoms. The van der Waals surface area contributed by atoms with Crippen LogP contribution in [0.2, 0.25) is 0 Å². The Kier molecular flexibility index (Phi) is 4.55. The average Bonchev–Trinajstić information content (AvgIpc) is 2.18. The predicted molar refractivity (Wildman–Crippen MR) is 55.5 cm³/mol. The zero-order valence-electron chi connectivity index (χ0n) is 9.03. The molecule has 1 rings (SSSR count). The van der Waals surface area contributed by atoms with Crippen LogP contribution in [0.3, 0.4) is 0 Å². The van der Waals surface area contributed by atoms with Gasteiger partial charge >= 0.3 is 5.97 Å². The van der Waals surface area contributed by atoms with E-state index in [2.05, 4.69) is 17.1 Å². The van der Waals surface area contributed by atoms with E-state index in [9.17, 15) is 9.59 Å². The SMILES string of the molecule is CC1CCCCN1CC(=O)NCC(=O)O. The van der Waals surface area contributed by atoms with Crippen molar-refractivity contribution in [1.29, 1.82) is 0 Å². The van der Waals surface area contributed by atoms with Crippen molar-refractivity contribution in [1.82, 2.24) is 10.2 Å². The van der Waals surface area contributed by atoms with Crippen LogP contribution >= 0.6 is 0 Å². The Morgan fingerprint density at radius 3 is 2.80 bits per heavy atom. The minimum absolute atomic E-state index is 0.203. The Morgan fingerprint density at radius 1 is 1.47 bits per heavy atom. The third kappa shape index (κ3) is 4.29. The topological polar surface area (TPSA) is 69.6 Å². The second-order valence-electron chi connectivity index (χ2n) is 3.99. The van der Waals surface area contributed by atoms with Crippen LogP contribution in [0, 0.1) is 0 Å². The van der Waals surface area contributed by atoms with Crippen molar-refractivity contribution < 1.29 is 14.7 Å². The van der Waals surface area contributed by atoms with Crippen LogP contribution in [0.15, 0.2) is 0 Å². The van der Waals surface area contributed by atoms with E-state index in [1.165, 1.54) is 6.42 Å². The maximum absolute atomic E-state index is 11.3. The second-order valence-corrected chi connectivity index (χ2v) is 3.99. The number of carboxylic acids is 1. The van der Waals surface area contributed by atoms with Gasteiger partial charge in [0.05, 0.1) is 6.54 Å². The van der Waals surface area contributed by atoms with Crippen LogP contribution in [-0.4, -0.2) is 47.6 Å². The highest BCUT2D eigenvalue weighted by molar-refractivity contribution is 5.82. The smallest absolute Gasteiger partial charge is 0.322 e. The summed E-state index contributed by atoms with van der Waals surface area (Å²) in [6, 6.07) is 0.425. The molecule has 1 aliphatic heterocycles. The zero-order chi connectivity index (χ0) is 11.3. The summed E-state index contributed by atoms with van der Waals surface area (Å²) in [5.74, 6) is -1.21. The molecule has 1 amide bonds. The number of aliphatic carboxylic acids is 1. The summed E-state index contributed by atoms with van der Waals surface area (Å²) in [5.41, 5.74) is 0. The third-order valence-electron chi connectivity index (χ3n) is 2.72. The number of carbonyl (C=O) groups is 2. The number of hydrogen-bond donors (Lipinski definition) is 2. The van der Waals surface area contributed by atoms with E-state index in [1.807, 2.05) is 0 Å². The van der Waals surface area contributed by atoms with Gasteiger partial charge in [-0.05, 0) is 26.3 Å². The lowest BCUT2D eigenvalue weighted by Gasteiger charge is -2.32. The van der Waals surface area contributed by atoms with Crippen LogP contribution in [-0.2, 0) is 9.59 Å². The Labute approximate surface area is 89.4 Å². The molecule has 1 unspecified atom stereocenters. The first-order chi connectivity index (χ1) is 7.09. The lowest BCUT2D eigenvalue weighted by Crippen LogP contribution is -2.45. The van der Waals surface area contributed by atoms with Crippen molar-refractivity contribution in [3.05, 3.63) is 0 Å². The van der Waals surface area contributed by atoms with E-state index in [0.717, 1.165) is 19.4 Å². The summed E-state index contributed by atoms with van der Waals surface area (Å²) >= 11 is 0. The fourth-order valence-corrected chi connectivity index (χ4v) is 1.81. The first-order valence-corrected chi connectivity index (χ1v) is 5.32. The molecular formula is C10H18N2O3. The van der Waals surface area contributed by atoms with Gasteiger partial charge in [-0.25, -0.2) is 0 Å². The number of carbonyl (C=O) groups excluding carboxylic acids is 1. The summed E-state index contributed by atoms with van der Waals surface area (Å²) in [4.78, 5) is 23.7. The highest BCUT2D eigenvalue weighted by Gasteiger charge is 2.20. The van der Waals surface area contributed by atoms with E-state index < -0.39 is 5.97 Å². The van der Waals surface area contributed by atoms with Crippen LogP contribution in [0.1, 0.15) is 26.2 Å². The highest BCUT2D eigenvalue weighted by Crippen LogP contribution is 2.15. The van der Waals surface area contributed by atoms with Gasteiger partial charge in [-0.15, -0.1) is 0 Å². The average molecular weight is 214 g/mol. The third-order valence-corrected chi connectivity index (χ3v) is 2.72. The summed E-state index contributed by atoms with van der Waals surface area (Å²) in [7, 11) is 0. The standard InChI is InChI=1S/C10H18N2O3/c1-8-4-2-3-5-12(8)7-9(13)11-6-10(14)15/h8H,2-7H2,1H3,(H,11,13)(H,14,15). The number of rotatable bonds is 4. The molecule has 1 heterocycles. The van der Waals surface area contributed by atoms with Crippen molar-refractivity contribution >= 4 is 11.9 Å². The molecule has 0 aromatic rings. The number of piperidine rings is 1. The summed E-state index contributed by atoms with van der Waals surface area (Å²) in [6.07, 6.45) is 3.46. The van der Waals surface area contributed by atoms with Crippen molar-refractivity contribution in [3.63, 3.8) is 0 Å². The fourth-order valence-electron chi connectivity index (χ4n) is 1.81. The molecular weight excluding hydrogens is 196 g/mol. The van der Waals surface area contributed by atoms with Crippen LogP contribution in [0.5, 0.6) is 0 Å². The van der Waals surface area contributed by atoms with E-state index in [-0.39, 0.29) is 12.5 Å². The fraction of sp³-hybridized carbons (Fsp3) is 0.800. The van der Waals surface area contributed by atoms with E-state index in [1.54, 1.807) is 0 Å². The van der Waals surface area contributed by atoms with Crippen LogP contribution < -0.4 is 5.32 Å². The molecule has 1 fully saturated rings. The second kappa shape index (κ2) is 5.70. The van der Waals surface area contributed by atoms with Gasteiger partial charge in [0, 0.05) is 6.04 Å². The first-order valence-electron chi connectivity index (χ1n) is 5.32. The summed E-state index contributed by atoms with van der Waals surface area (Å²) in [5, 5.41) is 10.8. The van der Waals surface area contributed by atoms with Crippen LogP contribution in [0.25, 0.3) is 0 Å². The Bertz CT molecular complexity index is 243. The van der Waals surface area contributed by atoms with Crippen molar-refractivity contribution in [3.8, 4) is 0 Å². The molecule has 1 atom stereocenters. The maximum Gasteiger partial charge on any atom is 0.322 e. The largest absolute Gasteiger partial charge is 0.480 e. The number of likely N-dealkylation sites (tertiary alicyclic amines) is 1. The van der Waals surface area contributed by atoms with E-state index >= 15 is 0 Å². The molecule has 0 saturated carbocycles. The Morgan fingerprint density at radius 2 is 2.20 bits per heavy atom. The minimum atomic E-state index is -1.00. The molecule has 0 bridgehead atoms. The molecule has 0 aromatic heterocycles. The van der Waals surface area contributed by atoms with Crippen molar-refractivity contribution in [2.24, 2.45) is 0 Å². The molecule has 5 heteroatoms. The van der Waals surface area contributed by atoms with Gasteiger partial charge in [-0.1, -0.05) is 6.42 Å². The Hall–Kier alpha value is -1.10. The van der Waals surface area contributed by atoms with Crippen molar-refractivity contribution in [2.45, 2.75) is 32.2 Å². The highest BCUT2D eigenvalue weighted by atomic mass is 16.4. The normalized spacial score (nSPS) is 22.3. The molecule has 0 aliphatic carbocycles. The van der Waals surface area contributed by atoms with Gasteiger partial charge in [-0.2, -0.15) is 0 Å². The molecule has 1 aliphatic rings. The van der Waals surface area contributed by atoms with Gasteiger partial charge in [-0.3, -0.25) is 14.5 Å². The number of carboxylic acid groups (broad SMARTS) is 1. The molecule has 1 saturated heterocycles. The number of hydrogen-bond acceptors (Lipinski definition) is 3. The van der Waals surface area contributed by atoms with Gasteiger partial charge in [0.1, 0.15) is 6.54 Å². The molecule has 86 valence electrons. The predicted octanol–water partition coefficient (Wildman–Crippen LogP) is 0.0616. The monoisotopic (exact) mass is 214 g/mol. The number of amides is 1. The first kappa shape index (κ1) is 12.0. The Balaban J connectivity index is 2.26. The number of nitrogens with zero attached hydrogens (tertiary/aromatic N) is 1. The van der Waals surface area contributed by atoms with Gasteiger partial charge in [0.25, 0.3) is 0 Å². The van der Waals surface area contributed by atoms with Gasteiger partial charge < -0.3 is 10.4 Å². The zero-order valence-corrected chi connectivity index (χ0v) is 9.03. The lowest BCUT2D eigenvalue weighted by atomic mass is 10.0. The summed E-state index contributed by atoms with van der Waals surface area (Å²) in [6.45, 7) is 3.06.